The van der Waals surface area contributed by atoms with E-state index in [9.17, 15) is 4.79 Å². The fraction of sp³-hybridized carbons (Fsp3) is 0.333. The highest BCUT2D eigenvalue weighted by Gasteiger charge is 2.35. The summed E-state index contributed by atoms with van der Waals surface area (Å²) >= 11 is 1.32. The lowest BCUT2D eigenvalue weighted by atomic mass is 10.3. The van der Waals surface area contributed by atoms with Crippen LogP contribution in [-0.2, 0) is 26.5 Å². The molecule has 1 aliphatic heterocycles. The van der Waals surface area contributed by atoms with Gasteiger partial charge >= 0.3 is 11.8 Å². The van der Waals surface area contributed by atoms with Gasteiger partial charge in [0.05, 0.1) is 12.1 Å². The molecule has 2 rings (SSSR count). The number of thiazole rings is 1. The van der Waals surface area contributed by atoms with Crippen molar-refractivity contribution in [2.45, 2.75) is 19.1 Å². The smallest absolute Gasteiger partial charge is 0.309 e. The summed E-state index contributed by atoms with van der Waals surface area (Å²) in [6.07, 6.45) is 2.80. The van der Waals surface area contributed by atoms with Gasteiger partial charge in [0.15, 0.2) is 5.01 Å². The predicted octanol–water partition coefficient (Wildman–Crippen LogP) is 1.46. The van der Waals surface area contributed by atoms with Gasteiger partial charge in [-0.05, 0) is 0 Å². The monoisotopic (exact) mass is 227 g/mol. The molecule has 6 heteroatoms. The maximum Gasteiger partial charge on any atom is 0.309 e. The highest BCUT2D eigenvalue weighted by Crippen LogP contribution is 2.33. The molecule has 0 aliphatic carbocycles. The first-order chi connectivity index (χ1) is 7.10. The topological polar surface area (TPSA) is 68.7 Å². The van der Waals surface area contributed by atoms with Crippen LogP contribution in [0.15, 0.2) is 17.9 Å². The third-order valence-corrected chi connectivity index (χ3v) is 2.99. The fourth-order valence-electron chi connectivity index (χ4n) is 1.20. The van der Waals surface area contributed by atoms with Crippen molar-refractivity contribution in [3.63, 3.8) is 0 Å². The number of carbonyl (C=O) groups is 1. The third-order valence-electron chi connectivity index (χ3n) is 1.91. The summed E-state index contributed by atoms with van der Waals surface area (Å²) in [5, 5.41) is 10.9. The van der Waals surface area contributed by atoms with Crippen LogP contribution < -0.4 is 0 Å². The Balaban J connectivity index is 2.16. The number of hydrogen-bond acceptors (Lipinski definition) is 5. The Hall–Kier alpha value is -1.56. The van der Waals surface area contributed by atoms with Crippen LogP contribution in [0, 0.1) is 0 Å². The van der Waals surface area contributed by atoms with Crippen molar-refractivity contribution in [2.24, 2.45) is 0 Å². The average Bonchev–Trinajstić information content (AvgIpc) is 2.74. The zero-order chi connectivity index (χ0) is 10.9. The van der Waals surface area contributed by atoms with E-state index in [1.165, 1.54) is 23.9 Å². The van der Waals surface area contributed by atoms with Gasteiger partial charge in [-0.3, -0.25) is 4.79 Å². The van der Waals surface area contributed by atoms with Gasteiger partial charge < -0.3 is 14.6 Å². The third kappa shape index (κ3) is 1.94. The highest BCUT2D eigenvalue weighted by molar-refractivity contribution is 7.09. The Morgan fingerprint density at radius 1 is 1.60 bits per heavy atom. The maximum absolute atomic E-state index is 10.5. The standard InChI is InChI=1S/C9H9NO4S/c1-9(13-2-3-14-9)8-10-6(5-15-8)4-7(11)12/h2-3,5H,4H2,1H3,(H,11,12). The molecule has 5 nitrogen and oxygen atoms in total. The van der Waals surface area contributed by atoms with Crippen LogP contribution in [0.3, 0.4) is 0 Å². The van der Waals surface area contributed by atoms with E-state index in [0.29, 0.717) is 10.7 Å². The van der Waals surface area contributed by atoms with Gasteiger partial charge in [-0.1, -0.05) is 0 Å². The van der Waals surface area contributed by atoms with E-state index in [0.717, 1.165) is 0 Å². The summed E-state index contributed by atoms with van der Waals surface area (Å²) in [5.41, 5.74) is 0.517. The highest BCUT2D eigenvalue weighted by atomic mass is 32.1. The molecule has 0 aromatic carbocycles. The van der Waals surface area contributed by atoms with Crippen LogP contribution in [-0.4, -0.2) is 16.1 Å². The number of aliphatic carboxylic acids is 1. The van der Waals surface area contributed by atoms with E-state index in [1.54, 1.807) is 12.3 Å². The Labute approximate surface area is 90.0 Å². The number of nitrogens with zero attached hydrogens (tertiary/aromatic N) is 1. The molecule has 0 amide bonds. The predicted molar refractivity (Wildman–Crippen MR) is 52.1 cm³/mol. The molecule has 0 saturated heterocycles. The molecule has 1 N–H and O–H groups in total. The van der Waals surface area contributed by atoms with Gasteiger partial charge in [0, 0.05) is 12.3 Å². The van der Waals surface area contributed by atoms with Crippen molar-refractivity contribution in [2.75, 3.05) is 0 Å². The molecule has 1 aliphatic rings. The van der Waals surface area contributed by atoms with E-state index >= 15 is 0 Å². The first-order valence-electron chi connectivity index (χ1n) is 4.27. The van der Waals surface area contributed by atoms with Gasteiger partial charge in [-0.2, -0.15) is 0 Å². The number of carboxylic acids is 1. The largest absolute Gasteiger partial charge is 0.481 e. The van der Waals surface area contributed by atoms with Crippen LogP contribution in [0.25, 0.3) is 0 Å². The summed E-state index contributed by atoms with van der Waals surface area (Å²) in [6, 6.07) is 0. The summed E-state index contributed by atoms with van der Waals surface area (Å²) in [5.74, 6) is -1.80. The number of aromatic nitrogens is 1. The molecular formula is C9H9NO4S. The minimum absolute atomic E-state index is 0.0833. The van der Waals surface area contributed by atoms with E-state index in [2.05, 4.69) is 4.98 Å². The summed E-state index contributed by atoms with van der Waals surface area (Å²) < 4.78 is 10.5. The lowest BCUT2D eigenvalue weighted by molar-refractivity contribution is -0.137. The number of hydrogen-bond donors (Lipinski definition) is 1. The van der Waals surface area contributed by atoms with Gasteiger partial charge in [-0.15, -0.1) is 11.3 Å². The first kappa shape index (κ1) is 9.97. The average molecular weight is 227 g/mol. The van der Waals surface area contributed by atoms with Gasteiger partial charge in [0.2, 0.25) is 0 Å². The summed E-state index contributed by atoms with van der Waals surface area (Å²) in [4.78, 5) is 14.6. The second-order valence-electron chi connectivity index (χ2n) is 3.17. The molecular weight excluding hydrogens is 218 g/mol. The van der Waals surface area contributed by atoms with Crippen LogP contribution in [0.5, 0.6) is 0 Å². The SMILES string of the molecule is CC1(c2nc(CC(=O)O)cs2)OC=CO1. The molecule has 1 aromatic heterocycles. The van der Waals surface area contributed by atoms with Crippen molar-refractivity contribution in [1.82, 2.24) is 4.98 Å². The number of rotatable bonds is 3. The van der Waals surface area contributed by atoms with E-state index in [4.69, 9.17) is 14.6 Å². The Bertz CT molecular complexity index is 404. The van der Waals surface area contributed by atoms with E-state index in [1.807, 2.05) is 0 Å². The zero-order valence-electron chi connectivity index (χ0n) is 7.97. The second-order valence-corrected chi connectivity index (χ2v) is 4.03. The molecule has 1 aromatic rings. The second kappa shape index (κ2) is 3.54. The molecule has 2 heterocycles. The zero-order valence-corrected chi connectivity index (χ0v) is 8.78. The fourth-order valence-corrected chi connectivity index (χ4v) is 2.06. The van der Waals surface area contributed by atoms with Crippen molar-refractivity contribution in [3.05, 3.63) is 28.6 Å². The van der Waals surface area contributed by atoms with Crippen molar-refractivity contribution >= 4 is 17.3 Å². The summed E-state index contributed by atoms with van der Waals surface area (Å²) in [6.45, 7) is 1.73. The summed E-state index contributed by atoms with van der Waals surface area (Å²) in [7, 11) is 0. The van der Waals surface area contributed by atoms with Crippen molar-refractivity contribution in [3.8, 4) is 0 Å². The minimum Gasteiger partial charge on any atom is -0.481 e. The Morgan fingerprint density at radius 3 is 2.87 bits per heavy atom. The maximum atomic E-state index is 10.5. The van der Waals surface area contributed by atoms with Gasteiger partial charge in [-0.25, -0.2) is 4.98 Å². The van der Waals surface area contributed by atoms with Crippen molar-refractivity contribution in [1.29, 1.82) is 0 Å². The van der Waals surface area contributed by atoms with Crippen LogP contribution in [0.4, 0.5) is 0 Å². The minimum atomic E-state index is -0.901. The van der Waals surface area contributed by atoms with E-state index in [-0.39, 0.29) is 6.42 Å². The van der Waals surface area contributed by atoms with Gasteiger partial charge in [0.25, 0.3) is 0 Å². The Kier molecular flexibility index (Phi) is 2.36. The quantitative estimate of drug-likeness (QED) is 0.846. The van der Waals surface area contributed by atoms with Crippen LogP contribution in [0.1, 0.15) is 17.6 Å². The van der Waals surface area contributed by atoms with Crippen LogP contribution in [0.2, 0.25) is 0 Å². The molecule has 0 radical (unpaired) electrons. The molecule has 80 valence electrons. The molecule has 0 spiro atoms. The normalized spacial score (nSPS) is 17.1. The van der Waals surface area contributed by atoms with E-state index < -0.39 is 11.8 Å². The molecule has 0 saturated carbocycles. The van der Waals surface area contributed by atoms with Crippen molar-refractivity contribution < 1.29 is 19.4 Å². The van der Waals surface area contributed by atoms with Gasteiger partial charge in [0.1, 0.15) is 12.5 Å². The molecule has 0 bridgehead atoms. The Morgan fingerprint density at radius 2 is 2.27 bits per heavy atom. The lowest BCUT2D eigenvalue weighted by Gasteiger charge is -2.19. The number of ether oxygens (including phenoxy) is 2. The molecule has 0 fully saturated rings. The lowest BCUT2D eigenvalue weighted by Crippen LogP contribution is -2.22. The van der Waals surface area contributed by atoms with Crippen LogP contribution >= 0.6 is 11.3 Å². The molecule has 0 atom stereocenters. The molecule has 15 heavy (non-hydrogen) atoms. The number of carboxylic acid groups (broad SMARTS) is 1. The first-order valence-corrected chi connectivity index (χ1v) is 5.15. The molecule has 0 unspecified atom stereocenters.